The van der Waals surface area contributed by atoms with Crippen LogP contribution in [-0.2, 0) is 20.9 Å². The third kappa shape index (κ3) is 5.67. The molecular formula is C21H18N2O4. The van der Waals surface area contributed by atoms with Crippen molar-refractivity contribution >= 4 is 18.0 Å². The molecule has 0 unspecified atom stereocenters. The average molecular weight is 362 g/mol. The molecule has 1 aromatic heterocycles. The molecule has 1 N–H and O–H groups in total. The third-order valence-electron chi connectivity index (χ3n) is 3.60. The van der Waals surface area contributed by atoms with E-state index in [1.54, 1.807) is 12.3 Å². The van der Waals surface area contributed by atoms with Crippen molar-refractivity contribution in [2.45, 2.75) is 6.61 Å². The smallest absolute Gasteiger partial charge is 0.325 e. The number of rotatable bonds is 7. The van der Waals surface area contributed by atoms with Crippen molar-refractivity contribution in [1.82, 2.24) is 10.3 Å². The van der Waals surface area contributed by atoms with Gasteiger partial charge in [-0.2, -0.15) is 0 Å². The summed E-state index contributed by atoms with van der Waals surface area (Å²) in [4.78, 5) is 27.5. The third-order valence-corrected chi connectivity index (χ3v) is 3.60. The predicted octanol–water partition coefficient (Wildman–Crippen LogP) is 3.21. The highest BCUT2D eigenvalue weighted by molar-refractivity contribution is 5.93. The fourth-order valence-electron chi connectivity index (χ4n) is 2.26. The second-order valence-corrected chi connectivity index (χ2v) is 5.61. The molecule has 0 saturated carbocycles. The number of nitrogens with one attached hydrogen (secondary N) is 1. The second kappa shape index (κ2) is 9.15. The number of hydrogen-bond acceptors (Lipinski definition) is 5. The van der Waals surface area contributed by atoms with Gasteiger partial charge >= 0.3 is 5.97 Å². The lowest BCUT2D eigenvalue weighted by atomic mass is 10.2. The fourth-order valence-corrected chi connectivity index (χ4v) is 2.26. The summed E-state index contributed by atoms with van der Waals surface area (Å²) in [5.74, 6) is -0.0623. The normalized spacial score (nSPS) is 10.7. The molecule has 1 amide bonds. The minimum atomic E-state index is -0.573. The van der Waals surface area contributed by atoms with Crippen molar-refractivity contribution in [2.24, 2.45) is 0 Å². The molecule has 6 nitrogen and oxygen atoms in total. The van der Waals surface area contributed by atoms with Crippen LogP contribution in [0.5, 0.6) is 0 Å². The van der Waals surface area contributed by atoms with Gasteiger partial charge in [-0.3, -0.25) is 9.59 Å². The summed E-state index contributed by atoms with van der Waals surface area (Å²) in [6, 6.07) is 18.9. The fraction of sp³-hybridized carbons (Fsp3) is 0.0952. The first-order valence-electron chi connectivity index (χ1n) is 8.37. The molecule has 3 rings (SSSR count). The molecule has 0 aliphatic rings. The van der Waals surface area contributed by atoms with E-state index in [9.17, 15) is 9.59 Å². The first kappa shape index (κ1) is 18.1. The van der Waals surface area contributed by atoms with Crippen molar-refractivity contribution in [3.8, 4) is 11.3 Å². The Bertz CT molecular complexity index is 918. The van der Waals surface area contributed by atoms with Crippen LogP contribution < -0.4 is 5.32 Å². The molecule has 6 heteroatoms. The van der Waals surface area contributed by atoms with Gasteiger partial charge in [0.1, 0.15) is 6.54 Å². The minimum Gasteiger partial charge on any atom is -0.454 e. The maximum atomic E-state index is 11.7. The second-order valence-electron chi connectivity index (χ2n) is 5.61. The first-order valence-corrected chi connectivity index (χ1v) is 8.37. The van der Waals surface area contributed by atoms with Crippen molar-refractivity contribution in [2.75, 3.05) is 6.54 Å². The standard InChI is InChI=1S/C21H18N2O4/c24-19(12-11-16-7-3-1-4-8-16)22-14-21(25)26-15-20-23-13-18(27-20)17-9-5-2-6-10-17/h1-13H,14-15H2,(H,22,24)/b12-11+. The van der Waals surface area contributed by atoms with Crippen LogP contribution in [0.2, 0.25) is 0 Å². The van der Waals surface area contributed by atoms with E-state index in [1.807, 2.05) is 60.7 Å². The number of esters is 1. The van der Waals surface area contributed by atoms with Crippen molar-refractivity contribution < 1.29 is 18.7 Å². The van der Waals surface area contributed by atoms with Crippen LogP contribution in [0.25, 0.3) is 17.4 Å². The summed E-state index contributed by atoms with van der Waals surface area (Å²) in [5, 5.41) is 2.47. The Morgan fingerprint density at radius 1 is 1.04 bits per heavy atom. The molecule has 0 aliphatic heterocycles. The summed E-state index contributed by atoms with van der Waals surface area (Å²) in [6.45, 7) is -0.328. The molecule has 0 aliphatic carbocycles. The van der Waals surface area contributed by atoms with Crippen LogP contribution in [0.1, 0.15) is 11.5 Å². The summed E-state index contributed by atoms with van der Waals surface area (Å²) in [7, 11) is 0. The predicted molar refractivity (Wildman–Crippen MR) is 100 cm³/mol. The zero-order chi connectivity index (χ0) is 18.9. The molecule has 2 aromatic carbocycles. The zero-order valence-electron chi connectivity index (χ0n) is 14.5. The molecule has 0 spiro atoms. The lowest BCUT2D eigenvalue weighted by Gasteiger charge is -2.03. The highest BCUT2D eigenvalue weighted by atomic mass is 16.5. The Balaban J connectivity index is 1.42. The molecule has 136 valence electrons. The number of ether oxygens (including phenoxy) is 1. The van der Waals surface area contributed by atoms with Gasteiger partial charge in [0.05, 0.1) is 6.20 Å². The molecule has 0 radical (unpaired) electrons. The van der Waals surface area contributed by atoms with Crippen LogP contribution in [0.3, 0.4) is 0 Å². The van der Waals surface area contributed by atoms with Gasteiger partial charge in [-0.1, -0.05) is 60.7 Å². The highest BCUT2D eigenvalue weighted by Gasteiger charge is 2.10. The molecule has 0 bridgehead atoms. The monoisotopic (exact) mass is 362 g/mol. The molecule has 1 heterocycles. The van der Waals surface area contributed by atoms with Gasteiger partial charge in [0.25, 0.3) is 0 Å². The SMILES string of the molecule is O=C(/C=C/c1ccccc1)NCC(=O)OCc1ncc(-c2ccccc2)o1. The van der Waals surface area contributed by atoms with Gasteiger partial charge in [-0.15, -0.1) is 0 Å². The number of benzene rings is 2. The van der Waals surface area contributed by atoms with Gasteiger partial charge in [0.2, 0.25) is 11.8 Å². The van der Waals surface area contributed by atoms with E-state index in [1.165, 1.54) is 6.08 Å². The van der Waals surface area contributed by atoms with Gasteiger partial charge in [0, 0.05) is 11.6 Å². The summed E-state index contributed by atoms with van der Waals surface area (Å²) >= 11 is 0. The van der Waals surface area contributed by atoms with Crippen molar-refractivity contribution in [3.05, 3.63) is 84.4 Å². The maximum absolute atomic E-state index is 11.7. The minimum absolute atomic E-state index is 0.0958. The Labute approximate surface area is 156 Å². The molecule has 27 heavy (non-hydrogen) atoms. The van der Waals surface area contributed by atoms with Gasteiger partial charge in [-0.05, 0) is 11.6 Å². The molecular weight excluding hydrogens is 344 g/mol. The Morgan fingerprint density at radius 3 is 2.48 bits per heavy atom. The topological polar surface area (TPSA) is 81.4 Å². The maximum Gasteiger partial charge on any atom is 0.325 e. The van der Waals surface area contributed by atoms with Crippen LogP contribution >= 0.6 is 0 Å². The van der Waals surface area contributed by atoms with E-state index >= 15 is 0 Å². The first-order chi connectivity index (χ1) is 13.2. The highest BCUT2D eigenvalue weighted by Crippen LogP contribution is 2.19. The Morgan fingerprint density at radius 2 is 1.74 bits per heavy atom. The molecule has 0 fully saturated rings. The summed E-state index contributed by atoms with van der Waals surface area (Å²) in [6.07, 6.45) is 4.61. The van der Waals surface area contributed by atoms with Crippen molar-refractivity contribution in [3.63, 3.8) is 0 Å². The molecule has 3 aromatic rings. The number of aromatic nitrogens is 1. The van der Waals surface area contributed by atoms with E-state index in [4.69, 9.17) is 9.15 Å². The van der Waals surface area contributed by atoms with Gasteiger partial charge < -0.3 is 14.5 Å². The van der Waals surface area contributed by atoms with Gasteiger partial charge in [0.15, 0.2) is 12.4 Å². The summed E-state index contributed by atoms with van der Waals surface area (Å²) in [5.41, 5.74) is 1.79. The number of oxazole rings is 1. The van der Waals surface area contributed by atoms with E-state index in [-0.39, 0.29) is 24.9 Å². The number of carbonyl (C=O) groups excluding carboxylic acids is 2. The summed E-state index contributed by atoms with van der Waals surface area (Å²) < 4.78 is 10.6. The number of carbonyl (C=O) groups is 2. The van der Waals surface area contributed by atoms with Crippen LogP contribution in [0.4, 0.5) is 0 Å². The van der Waals surface area contributed by atoms with Gasteiger partial charge in [-0.25, -0.2) is 4.98 Å². The Hall–Kier alpha value is -3.67. The van der Waals surface area contributed by atoms with E-state index in [2.05, 4.69) is 10.3 Å². The van der Waals surface area contributed by atoms with Crippen LogP contribution in [-0.4, -0.2) is 23.4 Å². The zero-order valence-corrected chi connectivity index (χ0v) is 14.5. The van der Waals surface area contributed by atoms with E-state index < -0.39 is 5.97 Å². The van der Waals surface area contributed by atoms with Crippen LogP contribution in [0.15, 0.2) is 77.4 Å². The lowest BCUT2D eigenvalue weighted by molar-refractivity contribution is -0.145. The average Bonchev–Trinajstić information content (AvgIpc) is 3.20. The van der Waals surface area contributed by atoms with E-state index in [0.717, 1.165) is 11.1 Å². The quantitative estimate of drug-likeness (QED) is 0.516. The number of nitrogens with zero attached hydrogens (tertiary/aromatic N) is 1. The Kier molecular flexibility index (Phi) is 6.14. The van der Waals surface area contributed by atoms with Crippen molar-refractivity contribution in [1.29, 1.82) is 0 Å². The largest absolute Gasteiger partial charge is 0.454 e. The van der Waals surface area contributed by atoms with Crippen LogP contribution in [0, 0.1) is 0 Å². The molecule has 0 atom stereocenters. The molecule has 0 saturated heterocycles. The number of amides is 1. The van der Waals surface area contributed by atoms with E-state index in [0.29, 0.717) is 5.76 Å². The number of hydrogen-bond donors (Lipinski definition) is 1. The lowest BCUT2D eigenvalue weighted by Crippen LogP contribution is -2.29.